The molecule has 0 saturated carbocycles. The number of piperidine rings is 1. The van der Waals surface area contributed by atoms with Gasteiger partial charge in [0.25, 0.3) is 0 Å². The highest BCUT2D eigenvalue weighted by atomic mass is 35.5. The Morgan fingerprint density at radius 1 is 1.42 bits per heavy atom. The maximum Gasteiger partial charge on any atom is 0.0628 e. The summed E-state index contributed by atoms with van der Waals surface area (Å²) >= 11 is 0. The summed E-state index contributed by atoms with van der Waals surface area (Å²) < 4.78 is 0. The van der Waals surface area contributed by atoms with Crippen molar-refractivity contribution in [1.82, 2.24) is 9.88 Å². The monoisotopic (exact) mass is 343 g/mol. The van der Waals surface area contributed by atoms with Gasteiger partial charge < -0.3 is 9.88 Å². The van der Waals surface area contributed by atoms with Crippen LogP contribution in [0.4, 0.5) is 0 Å². The molecule has 0 bridgehead atoms. The predicted octanol–water partition coefficient (Wildman–Crippen LogP) is 4.63. The van der Waals surface area contributed by atoms with Crippen LogP contribution >= 0.6 is 12.4 Å². The first-order valence-electron chi connectivity index (χ1n) is 8.83. The summed E-state index contributed by atoms with van der Waals surface area (Å²) in [6, 6.07) is 9.75. The van der Waals surface area contributed by atoms with Crippen molar-refractivity contribution < 1.29 is 0 Å². The highest BCUT2D eigenvalue weighted by molar-refractivity contribution is 5.88. The number of halogens is 1. The SMILES string of the molecule is CCC[C@]1(CC#N)CC2c3cccc4[nH]cc(c34)C[C@H]2N(C)C1.Cl. The lowest BCUT2D eigenvalue weighted by Gasteiger charge is -2.51. The van der Waals surface area contributed by atoms with Gasteiger partial charge in [-0.1, -0.05) is 25.5 Å². The van der Waals surface area contributed by atoms with Crippen LogP contribution in [-0.4, -0.2) is 29.5 Å². The Labute approximate surface area is 150 Å². The molecule has 1 N–H and O–H groups in total. The van der Waals surface area contributed by atoms with Crippen LogP contribution in [0.15, 0.2) is 24.4 Å². The minimum atomic E-state index is 0. The maximum atomic E-state index is 9.40. The first-order chi connectivity index (χ1) is 11.2. The van der Waals surface area contributed by atoms with E-state index >= 15 is 0 Å². The summed E-state index contributed by atoms with van der Waals surface area (Å²) in [5.74, 6) is 0.556. The van der Waals surface area contributed by atoms with Crippen molar-refractivity contribution in [2.24, 2.45) is 5.41 Å². The van der Waals surface area contributed by atoms with E-state index < -0.39 is 0 Å². The minimum Gasteiger partial charge on any atom is -0.361 e. The fourth-order valence-corrected chi connectivity index (χ4v) is 5.31. The molecule has 1 aliphatic heterocycles. The zero-order valence-electron chi connectivity index (χ0n) is 14.5. The van der Waals surface area contributed by atoms with E-state index in [9.17, 15) is 5.26 Å². The van der Waals surface area contributed by atoms with Crippen LogP contribution in [0.2, 0.25) is 0 Å². The lowest BCUT2D eigenvalue weighted by molar-refractivity contribution is 0.0375. The van der Waals surface area contributed by atoms with Crippen LogP contribution in [0.3, 0.4) is 0 Å². The molecular formula is C20H26ClN3. The molecular weight excluding hydrogens is 318 g/mol. The molecule has 2 aliphatic rings. The molecule has 0 spiro atoms. The van der Waals surface area contributed by atoms with E-state index in [-0.39, 0.29) is 17.8 Å². The quantitative estimate of drug-likeness (QED) is 0.882. The predicted molar refractivity (Wildman–Crippen MR) is 101 cm³/mol. The van der Waals surface area contributed by atoms with Crippen molar-refractivity contribution in [3.05, 3.63) is 35.5 Å². The molecule has 1 aromatic heterocycles. The third kappa shape index (κ3) is 2.53. The van der Waals surface area contributed by atoms with Gasteiger partial charge in [-0.25, -0.2) is 0 Å². The molecule has 2 aromatic rings. The summed E-state index contributed by atoms with van der Waals surface area (Å²) in [4.78, 5) is 5.98. The number of benzene rings is 1. The summed E-state index contributed by atoms with van der Waals surface area (Å²) in [6.45, 7) is 3.31. The fraction of sp³-hybridized carbons (Fsp3) is 0.550. The van der Waals surface area contributed by atoms with Gasteiger partial charge in [0.2, 0.25) is 0 Å². The number of nitrogens with zero attached hydrogens (tertiary/aromatic N) is 2. The van der Waals surface area contributed by atoms with Crippen molar-refractivity contribution in [2.75, 3.05) is 13.6 Å². The second-order valence-corrected chi connectivity index (χ2v) is 7.67. The molecule has 3 atom stereocenters. The molecule has 128 valence electrons. The average molecular weight is 344 g/mol. The number of nitriles is 1. The van der Waals surface area contributed by atoms with Gasteiger partial charge in [0.15, 0.2) is 0 Å². The van der Waals surface area contributed by atoms with E-state index in [1.54, 1.807) is 0 Å². The number of aromatic nitrogens is 1. The van der Waals surface area contributed by atoms with Crippen LogP contribution in [0.25, 0.3) is 10.9 Å². The van der Waals surface area contributed by atoms with E-state index in [4.69, 9.17) is 0 Å². The number of aromatic amines is 1. The van der Waals surface area contributed by atoms with Crippen molar-refractivity contribution >= 4 is 23.3 Å². The van der Waals surface area contributed by atoms with Crippen LogP contribution in [0.1, 0.15) is 49.7 Å². The molecule has 3 nitrogen and oxygen atoms in total. The van der Waals surface area contributed by atoms with Crippen LogP contribution in [-0.2, 0) is 6.42 Å². The van der Waals surface area contributed by atoms with Gasteiger partial charge in [0, 0.05) is 42.0 Å². The Balaban J connectivity index is 0.00000169. The zero-order chi connectivity index (χ0) is 16.0. The smallest absolute Gasteiger partial charge is 0.0628 e. The lowest BCUT2D eigenvalue weighted by atomic mass is 9.64. The van der Waals surface area contributed by atoms with Crippen LogP contribution < -0.4 is 0 Å². The average Bonchev–Trinajstić information content (AvgIpc) is 2.94. The lowest BCUT2D eigenvalue weighted by Crippen LogP contribution is -2.52. The number of H-pyrrole nitrogens is 1. The molecule has 2 heterocycles. The summed E-state index contributed by atoms with van der Waals surface area (Å²) in [6.07, 6.45) is 7.49. The largest absolute Gasteiger partial charge is 0.361 e. The highest BCUT2D eigenvalue weighted by Crippen LogP contribution is 2.50. The zero-order valence-corrected chi connectivity index (χ0v) is 15.3. The van der Waals surface area contributed by atoms with Gasteiger partial charge in [0.05, 0.1) is 6.07 Å². The molecule has 4 rings (SSSR count). The van der Waals surface area contributed by atoms with E-state index in [1.165, 1.54) is 22.0 Å². The Morgan fingerprint density at radius 2 is 2.25 bits per heavy atom. The maximum absolute atomic E-state index is 9.40. The molecule has 1 aromatic carbocycles. The first-order valence-corrected chi connectivity index (χ1v) is 8.83. The van der Waals surface area contributed by atoms with E-state index in [0.717, 1.165) is 32.2 Å². The summed E-state index contributed by atoms with van der Waals surface area (Å²) in [5, 5.41) is 10.8. The highest BCUT2D eigenvalue weighted by Gasteiger charge is 2.45. The normalized spacial score (nSPS) is 28.9. The van der Waals surface area contributed by atoms with Crippen LogP contribution in [0.5, 0.6) is 0 Å². The van der Waals surface area contributed by atoms with Gasteiger partial charge >= 0.3 is 0 Å². The van der Waals surface area contributed by atoms with E-state index in [2.05, 4.69) is 54.3 Å². The third-order valence-corrected chi connectivity index (χ3v) is 6.15. The summed E-state index contributed by atoms with van der Waals surface area (Å²) in [5.41, 5.74) is 4.40. The number of likely N-dealkylation sites (tertiary alicyclic amines) is 1. The Morgan fingerprint density at radius 3 is 3.00 bits per heavy atom. The topological polar surface area (TPSA) is 42.8 Å². The van der Waals surface area contributed by atoms with Gasteiger partial charge in [-0.05, 0) is 48.9 Å². The van der Waals surface area contributed by atoms with E-state index in [0.29, 0.717) is 18.4 Å². The van der Waals surface area contributed by atoms with Crippen molar-refractivity contribution in [1.29, 1.82) is 5.26 Å². The fourth-order valence-electron chi connectivity index (χ4n) is 5.31. The molecule has 4 heteroatoms. The molecule has 0 radical (unpaired) electrons. The molecule has 1 fully saturated rings. The van der Waals surface area contributed by atoms with Gasteiger partial charge in [-0.15, -0.1) is 12.4 Å². The van der Waals surface area contributed by atoms with Crippen LogP contribution in [0, 0.1) is 16.7 Å². The molecule has 1 saturated heterocycles. The number of fused-ring (bicyclic) bond motifs is 2. The standard InChI is InChI=1S/C20H25N3.ClH/c1-3-7-20(8-9-21)11-16-15-5-4-6-17-19(15)14(12-22-17)10-18(16)23(2)13-20;/h4-6,12,16,18,22H,3,7-8,10-11,13H2,1-2H3;1H/t16?,18-,20+;/m1./s1. The van der Waals surface area contributed by atoms with Gasteiger partial charge in [-0.3, -0.25) is 0 Å². The van der Waals surface area contributed by atoms with Gasteiger partial charge in [0.1, 0.15) is 0 Å². The number of hydrogen-bond donors (Lipinski definition) is 1. The number of nitrogens with one attached hydrogen (secondary N) is 1. The Hall–Kier alpha value is -1.50. The molecule has 0 amide bonds. The second-order valence-electron chi connectivity index (χ2n) is 7.67. The summed E-state index contributed by atoms with van der Waals surface area (Å²) in [7, 11) is 2.26. The van der Waals surface area contributed by atoms with Gasteiger partial charge in [-0.2, -0.15) is 5.26 Å². The third-order valence-electron chi connectivity index (χ3n) is 6.15. The molecule has 24 heavy (non-hydrogen) atoms. The Bertz CT molecular complexity index is 775. The minimum absolute atomic E-state index is 0. The second kappa shape index (κ2) is 6.43. The molecule has 1 aliphatic carbocycles. The Kier molecular flexibility index (Phi) is 4.64. The molecule has 1 unspecified atom stereocenters. The number of likely N-dealkylation sites (N-methyl/N-ethyl adjacent to an activating group) is 1. The van der Waals surface area contributed by atoms with Crippen molar-refractivity contribution in [3.8, 4) is 6.07 Å². The number of hydrogen-bond acceptors (Lipinski definition) is 2. The number of rotatable bonds is 3. The van der Waals surface area contributed by atoms with Crippen molar-refractivity contribution in [3.63, 3.8) is 0 Å². The van der Waals surface area contributed by atoms with E-state index in [1.807, 2.05) is 0 Å². The first kappa shape index (κ1) is 17.3. The van der Waals surface area contributed by atoms with Crippen molar-refractivity contribution in [2.45, 2.75) is 51.0 Å².